The van der Waals surface area contributed by atoms with E-state index in [1.807, 2.05) is 43.7 Å². The quantitative estimate of drug-likeness (QED) is 0.610. The van der Waals surface area contributed by atoms with Crippen molar-refractivity contribution >= 4 is 29.3 Å². The lowest BCUT2D eigenvalue weighted by Gasteiger charge is -2.17. The maximum Gasteiger partial charge on any atom is 0.225 e. The van der Waals surface area contributed by atoms with Crippen LogP contribution in [0.2, 0.25) is 5.02 Å². The van der Waals surface area contributed by atoms with E-state index in [9.17, 15) is 4.79 Å². The van der Waals surface area contributed by atoms with Crippen molar-refractivity contribution in [3.63, 3.8) is 0 Å². The molecule has 0 bridgehead atoms. The van der Waals surface area contributed by atoms with Crippen LogP contribution in [0.3, 0.4) is 0 Å². The molecule has 0 saturated carbocycles. The van der Waals surface area contributed by atoms with Crippen molar-refractivity contribution < 1.29 is 4.79 Å². The van der Waals surface area contributed by atoms with Gasteiger partial charge in [-0.25, -0.2) is 0 Å². The van der Waals surface area contributed by atoms with E-state index >= 15 is 0 Å². The van der Waals surface area contributed by atoms with Crippen molar-refractivity contribution in [1.82, 2.24) is 20.4 Å². The third-order valence-corrected chi connectivity index (χ3v) is 5.45. The van der Waals surface area contributed by atoms with E-state index in [0.717, 1.165) is 34.3 Å². The Bertz CT molecular complexity index is 688. The van der Waals surface area contributed by atoms with E-state index in [0.29, 0.717) is 6.54 Å². The lowest BCUT2D eigenvalue weighted by atomic mass is 9.90. The smallest absolute Gasteiger partial charge is 0.225 e. The monoisotopic (exact) mass is 364 g/mol. The van der Waals surface area contributed by atoms with E-state index in [1.54, 1.807) is 16.4 Å². The summed E-state index contributed by atoms with van der Waals surface area (Å²) in [7, 11) is 1.90. The van der Waals surface area contributed by atoms with Crippen molar-refractivity contribution in [3.8, 4) is 0 Å². The molecule has 2 N–H and O–H groups in total. The largest absolute Gasteiger partial charge is 0.355 e. The van der Waals surface area contributed by atoms with Crippen molar-refractivity contribution in [3.05, 3.63) is 47.2 Å². The number of halogens is 1. The van der Waals surface area contributed by atoms with Gasteiger partial charge in [0, 0.05) is 54.5 Å². The highest BCUT2D eigenvalue weighted by Crippen LogP contribution is 2.28. The van der Waals surface area contributed by atoms with E-state index in [2.05, 4.69) is 15.7 Å². The molecule has 0 spiro atoms. The number of benzene rings is 1. The first kappa shape index (κ1) is 17.3. The van der Waals surface area contributed by atoms with Crippen LogP contribution in [0.1, 0.15) is 11.5 Å². The molecule has 1 fully saturated rings. The molecule has 2 aromatic rings. The average Bonchev–Trinajstić information content (AvgIpc) is 3.21. The molecule has 1 aliphatic heterocycles. The summed E-state index contributed by atoms with van der Waals surface area (Å²) in [4.78, 5) is 13.6. The van der Waals surface area contributed by atoms with Gasteiger partial charge in [-0.3, -0.25) is 9.48 Å². The Hall–Kier alpha value is -1.50. The highest BCUT2D eigenvalue weighted by molar-refractivity contribution is 7.99. The van der Waals surface area contributed by atoms with Gasteiger partial charge < -0.3 is 10.6 Å². The van der Waals surface area contributed by atoms with Crippen molar-refractivity contribution in [2.24, 2.45) is 13.0 Å². The summed E-state index contributed by atoms with van der Waals surface area (Å²) in [5, 5.41) is 11.3. The van der Waals surface area contributed by atoms with Gasteiger partial charge in [0.1, 0.15) is 0 Å². The van der Waals surface area contributed by atoms with Crippen LogP contribution in [0.5, 0.6) is 0 Å². The molecule has 1 aromatic carbocycles. The number of carbonyl (C=O) groups excluding carboxylic acids is 1. The molecule has 128 valence electrons. The zero-order chi connectivity index (χ0) is 16.9. The molecule has 3 rings (SSSR count). The van der Waals surface area contributed by atoms with Crippen LogP contribution in [0, 0.1) is 5.92 Å². The van der Waals surface area contributed by atoms with Crippen LogP contribution in [0.4, 0.5) is 0 Å². The van der Waals surface area contributed by atoms with E-state index in [-0.39, 0.29) is 17.7 Å². The molecular weight excluding hydrogens is 344 g/mol. The maximum atomic E-state index is 12.5. The van der Waals surface area contributed by atoms with Gasteiger partial charge in [-0.05, 0) is 29.8 Å². The molecule has 2 atom stereocenters. The molecule has 7 heteroatoms. The number of amides is 1. The summed E-state index contributed by atoms with van der Waals surface area (Å²) in [6.45, 7) is 2.20. The summed E-state index contributed by atoms with van der Waals surface area (Å²) >= 11 is 7.59. The van der Waals surface area contributed by atoms with Crippen LogP contribution in [-0.4, -0.2) is 41.1 Å². The number of nitrogens with one attached hydrogen (secondary N) is 2. The summed E-state index contributed by atoms with van der Waals surface area (Å²) in [6.07, 6.45) is 3.85. The third kappa shape index (κ3) is 4.32. The number of hydrogen-bond donors (Lipinski definition) is 2. The number of thioether (sulfide) groups is 1. The minimum Gasteiger partial charge on any atom is -0.355 e. The Kier molecular flexibility index (Phi) is 5.81. The first-order valence-corrected chi connectivity index (χ1v) is 9.35. The summed E-state index contributed by atoms with van der Waals surface area (Å²) < 4.78 is 1.78. The highest BCUT2D eigenvalue weighted by Gasteiger charge is 2.34. The number of rotatable bonds is 6. The van der Waals surface area contributed by atoms with Crippen molar-refractivity contribution in [2.45, 2.75) is 10.8 Å². The highest BCUT2D eigenvalue weighted by atomic mass is 35.5. The minimum absolute atomic E-state index is 0.0327. The number of aryl methyl sites for hydroxylation is 1. The summed E-state index contributed by atoms with van der Waals surface area (Å²) in [5.41, 5.74) is 1.12. The molecule has 5 nitrogen and oxygen atoms in total. The molecule has 0 radical (unpaired) electrons. The van der Waals surface area contributed by atoms with E-state index in [4.69, 9.17) is 11.6 Å². The molecule has 2 heterocycles. The fourth-order valence-corrected chi connectivity index (χ4v) is 3.84. The van der Waals surface area contributed by atoms with E-state index < -0.39 is 0 Å². The molecule has 0 aliphatic carbocycles. The van der Waals surface area contributed by atoms with Gasteiger partial charge in [-0.1, -0.05) is 11.6 Å². The number of aromatic nitrogens is 2. The zero-order valence-corrected chi connectivity index (χ0v) is 15.1. The number of hydrogen-bond acceptors (Lipinski definition) is 4. The van der Waals surface area contributed by atoms with Crippen molar-refractivity contribution in [2.75, 3.05) is 25.4 Å². The number of carbonyl (C=O) groups is 1. The maximum absolute atomic E-state index is 12.5. The van der Waals surface area contributed by atoms with Gasteiger partial charge in [0.05, 0.1) is 12.1 Å². The van der Waals surface area contributed by atoms with Gasteiger partial charge in [0.2, 0.25) is 5.91 Å². The van der Waals surface area contributed by atoms with Crippen LogP contribution >= 0.6 is 23.4 Å². The Balaban J connectivity index is 1.46. The Labute approximate surface area is 151 Å². The number of nitrogens with zero attached hydrogens (tertiary/aromatic N) is 2. The first-order valence-electron chi connectivity index (χ1n) is 7.99. The topological polar surface area (TPSA) is 59.0 Å². The van der Waals surface area contributed by atoms with Crippen LogP contribution in [0.25, 0.3) is 0 Å². The summed E-state index contributed by atoms with van der Waals surface area (Å²) in [5.74, 6) is 1.12. The van der Waals surface area contributed by atoms with Crippen molar-refractivity contribution in [1.29, 1.82) is 0 Å². The molecule has 1 saturated heterocycles. The lowest BCUT2D eigenvalue weighted by molar-refractivity contribution is -0.124. The fourth-order valence-electron chi connectivity index (χ4n) is 2.94. The Morgan fingerprint density at radius 1 is 1.42 bits per heavy atom. The first-order chi connectivity index (χ1) is 11.6. The second-order valence-corrected chi connectivity index (χ2v) is 7.52. The van der Waals surface area contributed by atoms with Crippen LogP contribution in [0.15, 0.2) is 41.6 Å². The minimum atomic E-state index is -0.0327. The fraction of sp³-hybridized carbons (Fsp3) is 0.412. The molecule has 1 aliphatic rings. The normalized spacial score (nSPS) is 20.2. The van der Waals surface area contributed by atoms with Crippen LogP contribution < -0.4 is 10.6 Å². The van der Waals surface area contributed by atoms with E-state index in [1.165, 1.54) is 0 Å². The van der Waals surface area contributed by atoms with Crippen LogP contribution in [-0.2, 0) is 11.8 Å². The standard InChI is InChI=1S/C17H21ClN4OS/c1-22-11-12(8-21-22)15-9-19-10-16(15)17(23)20-6-7-24-14-4-2-13(18)3-5-14/h2-5,8,11,15-16,19H,6-7,9-10H2,1H3,(H,20,23)/t15-,16+/m1/s1. The predicted molar refractivity (Wildman–Crippen MR) is 97.5 cm³/mol. The predicted octanol–water partition coefficient (Wildman–Crippen LogP) is 2.29. The second kappa shape index (κ2) is 8.05. The van der Waals surface area contributed by atoms with Gasteiger partial charge in [-0.15, -0.1) is 11.8 Å². The Morgan fingerprint density at radius 3 is 2.92 bits per heavy atom. The molecule has 0 unspecified atom stereocenters. The van der Waals surface area contributed by atoms with Gasteiger partial charge in [0.15, 0.2) is 0 Å². The van der Waals surface area contributed by atoms with Gasteiger partial charge in [0.25, 0.3) is 0 Å². The molecule has 1 aromatic heterocycles. The lowest BCUT2D eigenvalue weighted by Crippen LogP contribution is -2.35. The second-order valence-electron chi connectivity index (χ2n) is 5.91. The SMILES string of the molecule is Cn1cc([C@H]2CNC[C@@H]2C(=O)NCCSc2ccc(Cl)cc2)cn1. The summed E-state index contributed by atoms with van der Waals surface area (Å²) in [6, 6.07) is 7.75. The van der Waals surface area contributed by atoms with Gasteiger partial charge in [-0.2, -0.15) is 5.10 Å². The molecule has 1 amide bonds. The zero-order valence-electron chi connectivity index (χ0n) is 13.5. The van der Waals surface area contributed by atoms with Gasteiger partial charge >= 0.3 is 0 Å². The average molecular weight is 365 g/mol. The Morgan fingerprint density at radius 2 is 2.21 bits per heavy atom. The molecule has 24 heavy (non-hydrogen) atoms. The molecular formula is C17H21ClN4OS. The third-order valence-electron chi connectivity index (χ3n) is 4.19.